The van der Waals surface area contributed by atoms with Crippen LogP contribution in [0.2, 0.25) is 0 Å². The molecule has 0 aromatic rings. The van der Waals surface area contributed by atoms with Crippen LogP contribution in [-0.4, -0.2) is 13.1 Å². The summed E-state index contributed by atoms with van der Waals surface area (Å²) in [6.45, 7) is 11.6. The van der Waals surface area contributed by atoms with Crippen LogP contribution in [0.4, 0.5) is 0 Å². The van der Waals surface area contributed by atoms with Crippen LogP contribution < -0.4 is 5.32 Å². The van der Waals surface area contributed by atoms with Gasteiger partial charge in [-0.1, -0.05) is 91.9 Å². The standard InChI is InChI=1S/C19H41N/c1-18(2)15-13-11-9-7-5-6-8-10-12-14-16-20-17-19(3)4/h18-20H,5-17H2,1-4H3. The van der Waals surface area contributed by atoms with Gasteiger partial charge in [0.05, 0.1) is 0 Å². The van der Waals surface area contributed by atoms with Crippen LogP contribution in [0.5, 0.6) is 0 Å². The van der Waals surface area contributed by atoms with Crippen molar-refractivity contribution < 1.29 is 0 Å². The molecule has 1 nitrogen and oxygen atoms in total. The Morgan fingerprint density at radius 3 is 1.45 bits per heavy atom. The number of hydrogen-bond acceptors (Lipinski definition) is 1. The second-order valence-corrected chi connectivity index (χ2v) is 7.32. The van der Waals surface area contributed by atoms with Crippen molar-refractivity contribution in [1.82, 2.24) is 5.32 Å². The van der Waals surface area contributed by atoms with Crippen molar-refractivity contribution in [2.75, 3.05) is 13.1 Å². The maximum Gasteiger partial charge on any atom is -0.00258 e. The molecule has 0 aromatic carbocycles. The molecule has 0 unspecified atom stereocenters. The van der Waals surface area contributed by atoms with E-state index in [0.717, 1.165) is 11.8 Å². The summed E-state index contributed by atoms with van der Waals surface area (Å²) in [7, 11) is 0. The van der Waals surface area contributed by atoms with Gasteiger partial charge in [0.25, 0.3) is 0 Å². The van der Waals surface area contributed by atoms with Gasteiger partial charge in [0.1, 0.15) is 0 Å². The lowest BCUT2D eigenvalue weighted by atomic mass is 10.0. The van der Waals surface area contributed by atoms with E-state index in [-0.39, 0.29) is 0 Å². The Hall–Kier alpha value is -0.0400. The first kappa shape index (κ1) is 20.0. The van der Waals surface area contributed by atoms with E-state index in [2.05, 4.69) is 33.0 Å². The van der Waals surface area contributed by atoms with E-state index in [1.807, 2.05) is 0 Å². The fourth-order valence-corrected chi connectivity index (χ4v) is 2.61. The summed E-state index contributed by atoms with van der Waals surface area (Å²) in [5, 5.41) is 3.52. The van der Waals surface area contributed by atoms with Crippen LogP contribution in [0, 0.1) is 11.8 Å². The first-order valence-electron chi connectivity index (χ1n) is 9.33. The second-order valence-electron chi connectivity index (χ2n) is 7.32. The smallest absolute Gasteiger partial charge is 0.00258 e. The van der Waals surface area contributed by atoms with E-state index in [4.69, 9.17) is 0 Å². The summed E-state index contributed by atoms with van der Waals surface area (Å²) in [6.07, 6.45) is 15.9. The van der Waals surface area contributed by atoms with Gasteiger partial charge in [0, 0.05) is 0 Å². The molecule has 0 aliphatic rings. The predicted molar refractivity (Wildman–Crippen MR) is 93.3 cm³/mol. The number of rotatable bonds is 15. The van der Waals surface area contributed by atoms with Gasteiger partial charge in [-0.25, -0.2) is 0 Å². The number of hydrogen-bond donors (Lipinski definition) is 1. The second kappa shape index (κ2) is 15.4. The summed E-state index contributed by atoms with van der Waals surface area (Å²) < 4.78 is 0. The Morgan fingerprint density at radius 1 is 0.550 bits per heavy atom. The third-order valence-electron chi connectivity index (χ3n) is 3.94. The zero-order valence-corrected chi connectivity index (χ0v) is 14.8. The maximum atomic E-state index is 3.52. The Morgan fingerprint density at radius 2 is 1.00 bits per heavy atom. The van der Waals surface area contributed by atoms with Gasteiger partial charge in [-0.15, -0.1) is 0 Å². The molecule has 0 saturated carbocycles. The lowest BCUT2D eigenvalue weighted by Gasteiger charge is -2.07. The van der Waals surface area contributed by atoms with Gasteiger partial charge >= 0.3 is 0 Å². The molecule has 0 aliphatic carbocycles. The first-order chi connectivity index (χ1) is 9.63. The van der Waals surface area contributed by atoms with Crippen molar-refractivity contribution in [1.29, 1.82) is 0 Å². The third kappa shape index (κ3) is 18.0. The van der Waals surface area contributed by atoms with Crippen molar-refractivity contribution >= 4 is 0 Å². The molecular weight excluding hydrogens is 242 g/mol. The minimum Gasteiger partial charge on any atom is -0.316 e. The normalized spacial score (nSPS) is 11.7. The lowest BCUT2D eigenvalue weighted by molar-refractivity contribution is 0.499. The molecule has 0 bridgehead atoms. The van der Waals surface area contributed by atoms with Gasteiger partial charge in [-0.3, -0.25) is 0 Å². The Balaban J connectivity index is 2.96. The van der Waals surface area contributed by atoms with Gasteiger partial charge in [-0.05, 0) is 31.3 Å². The molecule has 0 spiro atoms. The average Bonchev–Trinajstić information content (AvgIpc) is 2.38. The molecular formula is C19H41N. The lowest BCUT2D eigenvalue weighted by Crippen LogP contribution is -2.20. The molecule has 0 rings (SSSR count). The molecule has 0 heterocycles. The van der Waals surface area contributed by atoms with E-state index >= 15 is 0 Å². The number of nitrogens with one attached hydrogen (secondary N) is 1. The SMILES string of the molecule is CC(C)CCCCCCCCCCCCNCC(C)C. The summed E-state index contributed by atoms with van der Waals surface area (Å²) in [5.41, 5.74) is 0. The van der Waals surface area contributed by atoms with Crippen molar-refractivity contribution in [2.24, 2.45) is 11.8 Å². The van der Waals surface area contributed by atoms with E-state index in [1.54, 1.807) is 0 Å². The molecule has 0 aromatic heterocycles. The van der Waals surface area contributed by atoms with E-state index in [1.165, 1.54) is 83.7 Å². The fraction of sp³-hybridized carbons (Fsp3) is 1.00. The molecule has 1 N–H and O–H groups in total. The van der Waals surface area contributed by atoms with Gasteiger partial charge < -0.3 is 5.32 Å². The van der Waals surface area contributed by atoms with Gasteiger partial charge in [0.2, 0.25) is 0 Å². The summed E-state index contributed by atoms with van der Waals surface area (Å²) >= 11 is 0. The first-order valence-corrected chi connectivity index (χ1v) is 9.33. The minimum absolute atomic E-state index is 0.788. The van der Waals surface area contributed by atoms with Crippen molar-refractivity contribution in [3.05, 3.63) is 0 Å². The molecule has 0 atom stereocenters. The van der Waals surface area contributed by atoms with Crippen LogP contribution in [0.1, 0.15) is 98.3 Å². The van der Waals surface area contributed by atoms with Gasteiger partial charge in [-0.2, -0.15) is 0 Å². The zero-order valence-electron chi connectivity index (χ0n) is 14.8. The van der Waals surface area contributed by atoms with Crippen LogP contribution >= 0.6 is 0 Å². The van der Waals surface area contributed by atoms with Crippen LogP contribution in [0.25, 0.3) is 0 Å². The topological polar surface area (TPSA) is 12.0 Å². The molecule has 0 fully saturated rings. The Bertz CT molecular complexity index is 155. The highest BCUT2D eigenvalue weighted by Gasteiger charge is 1.96. The van der Waals surface area contributed by atoms with Crippen LogP contribution in [0.15, 0.2) is 0 Å². The summed E-state index contributed by atoms with van der Waals surface area (Å²) in [4.78, 5) is 0. The van der Waals surface area contributed by atoms with Gasteiger partial charge in [0.15, 0.2) is 0 Å². The summed E-state index contributed by atoms with van der Waals surface area (Å²) in [5.74, 6) is 1.68. The fourth-order valence-electron chi connectivity index (χ4n) is 2.61. The third-order valence-corrected chi connectivity index (χ3v) is 3.94. The zero-order chi connectivity index (χ0) is 15.1. The molecule has 0 amide bonds. The molecule has 0 saturated heterocycles. The summed E-state index contributed by atoms with van der Waals surface area (Å²) in [6, 6.07) is 0. The Labute approximate surface area is 129 Å². The molecule has 122 valence electrons. The van der Waals surface area contributed by atoms with Crippen LogP contribution in [0.3, 0.4) is 0 Å². The largest absolute Gasteiger partial charge is 0.316 e. The van der Waals surface area contributed by atoms with Crippen molar-refractivity contribution in [3.8, 4) is 0 Å². The highest BCUT2D eigenvalue weighted by Crippen LogP contribution is 2.13. The quantitative estimate of drug-likeness (QED) is 0.354. The average molecular weight is 284 g/mol. The molecule has 1 heteroatoms. The number of unbranched alkanes of at least 4 members (excludes halogenated alkanes) is 9. The van der Waals surface area contributed by atoms with Crippen LogP contribution in [-0.2, 0) is 0 Å². The maximum absolute atomic E-state index is 3.52. The van der Waals surface area contributed by atoms with E-state index in [9.17, 15) is 0 Å². The van der Waals surface area contributed by atoms with E-state index in [0.29, 0.717) is 0 Å². The Kier molecular flexibility index (Phi) is 15.3. The van der Waals surface area contributed by atoms with Crippen molar-refractivity contribution in [2.45, 2.75) is 98.3 Å². The molecule has 0 radical (unpaired) electrons. The monoisotopic (exact) mass is 283 g/mol. The van der Waals surface area contributed by atoms with Crippen molar-refractivity contribution in [3.63, 3.8) is 0 Å². The molecule has 0 aliphatic heterocycles. The highest BCUT2D eigenvalue weighted by molar-refractivity contribution is 4.53. The van der Waals surface area contributed by atoms with E-state index < -0.39 is 0 Å². The highest BCUT2D eigenvalue weighted by atomic mass is 14.8. The predicted octanol–water partition coefficient (Wildman–Crippen LogP) is 6.18. The minimum atomic E-state index is 0.788. The molecule has 20 heavy (non-hydrogen) atoms.